The normalized spacial score (nSPS) is 16.3. The molecular weight excluding hydrogens is 1400 g/mol. The van der Waals surface area contributed by atoms with Gasteiger partial charge in [-0.2, -0.15) is 0 Å². The van der Waals surface area contributed by atoms with E-state index < -0.39 is 0 Å². The van der Waals surface area contributed by atoms with Gasteiger partial charge in [-0.15, -0.1) is 0 Å². The molecule has 12 aromatic rings. The number of amides is 2. The number of carbonyl (C=O) groups excluding carboxylic acids is 5. The van der Waals surface area contributed by atoms with E-state index in [1.807, 2.05) is 40.1 Å². The Morgan fingerprint density at radius 3 is 0.921 bits per heavy atom. The first-order valence-electron chi connectivity index (χ1n) is 41.6. The van der Waals surface area contributed by atoms with Gasteiger partial charge in [-0.25, -0.2) is 0 Å². The molecule has 0 radical (unpaired) electrons. The quantitative estimate of drug-likeness (QED) is 0.0487. The van der Waals surface area contributed by atoms with Crippen LogP contribution in [0.25, 0.3) is 99.1 Å². The number of hydrogen-bond donors (Lipinski definition) is 0. The van der Waals surface area contributed by atoms with E-state index in [9.17, 15) is 24.0 Å². The number of likely N-dealkylation sites (tertiary alicyclic amines) is 2. The third-order valence-electron chi connectivity index (χ3n) is 24.5. The van der Waals surface area contributed by atoms with Crippen molar-refractivity contribution in [2.45, 2.75) is 143 Å². The molecule has 114 heavy (non-hydrogen) atoms. The molecule has 5 saturated heterocycles. The molecule has 5 heterocycles. The first kappa shape index (κ1) is 79.9. The summed E-state index contributed by atoms with van der Waals surface area (Å²) in [7, 11) is 0. The Balaban J connectivity index is 0.000000142. The van der Waals surface area contributed by atoms with Crippen molar-refractivity contribution < 1.29 is 33.4 Å². The average Bonchev–Trinajstić information content (AvgIpc) is 0.763. The van der Waals surface area contributed by atoms with Crippen molar-refractivity contribution in [2.75, 3.05) is 72.2 Å². The van der Waals surface area contributed by atoms with E-state index in [0.717, 1.165) is 147 Å². The summed E-state index contributed by atoms with van der Waals surface area (Å²) in [6.45, 7) is 24.7. The molecule has 0 atom stereocenters. The minimum absolute atomic E-state index is 0.0683. The summed E-state index contributed by atoms with van der Waals surface area (Å²) in [5.74, 6) is 1.55. The first-order chi connectivity index (χ1) is 55.4. The highest BCUT2D eigenvalue weighted by Crippen LogP contribution is 2.45. The Morgan fingerprint density at radius 1 is 0.333 bits per heavy atom. The van der Waals surface area contributed by atoms with Gasteiger partial charge in [0.25, 0.3) is 0 Å². The Hall–Kier alpha value is -10.8. The fourth-order valence-electron chi connectivity index (χ4n) is 17.4. The number of benzene rings is 12. The average molecular weight is 1510 g/mol. The van der Waals surface area contributed by atoms with Crippen LogP contribution in [0, 0.1) is 20.8 Å². The van der Waals surface area contributed by atoms with Crippen LogP contribution in [0.5, 0.6) is 0 Å². The van der Waals surface area contributed by atoms with Gasteiger partial charge >= 0.3 is 0 Å². The van der Waals surface area contributed by atoms with Gasteiger partial charge in [0.1, 0.15) is 0 Å². The predicted molar refractivity (Wildman–Crippen MR) is 469 cm³/mol. The lowest BCUT2D eigenvalue weighted by Gasteiger charge is -2.49. The molecule has 0 aliphatic carbocycles. The molecule has 2 bridgehead atoms. The number of ketones is 3. The molecule has 5 aliphatic heterocycles. The number of Topliss-reactive ketones (excluding diaryl/α,β-unsaturated/α-hetero) is 3. The zero-order chi connectivity index (χ0) is 79.4. The summed E-state index contributed by atoms with van der Waals surface area (Å²) in [5.41, 5.74) is 24.1. The Morgan fingerprint density at radius 2 is 0.623 bits per heavy atom. The number of aryl methyl sites for hydroxylation is 3. The molecule has 10 heteroatoms. The summed E-state index contributed by atoms with van der Waals surface area (Å²) in [4.78, 5) is 68.9. The first-order valence-corrected chi connectivity index (χ1v) is 41.6. The number of piperidine rings is 5. The van der Waals surface area contributed by atoms with Crippen LogP contribution in [0.3, 0.4) is 0 Å². The molecule has 5 aliphatic rings. The zero-order valence-corrected chi connectivity index (χ0v) is 67.9. The van der Waals surface area contributed by atoms with Crippen LogP contribution in [-0.2, 0) is 24.5 Å². The van der Waals surface area contributed by atoms with Crippen molar-refractivity contribution in [2.24, 2.45) is 0 Å². The number of rotatable bonds is 22. The van der Waals surface area contributed by atoms with Crippen molar-refractivity contribution >= 4 is 61.5 Å². The lowest BCUT2D eigenvalue weighted by Crippen LogP contribution is -2.50. The van der Waals surface area contributed by atoms with E-state index in [-0.39, 0.29) is 29.2 Å². The fraction of sp³-hybridized carbons (Fsp3) is 0.317. The molecular formula is C104H109N3O7. The number of fused-ring (bicyclic) bond motifs is 6. The maximum atomic E-state index is 12.5. The number of carbonyl (C=O) groups is 5. The predicted octanol–water partition coefficient (Wildman–Crippen LogP) is 23.8. The van der Waals surface area contributed by atoms with Crippen molar-refractivity contribution in [3.05, 3.63) is 287 Å². The van der Waals surface area contributed by atoms with Gasteiger partial charge in [0.2, 0.25) is 11.8 Å². The summed E-state index contributed by atoms with van der Waals surface area (Å²) in [6.07, 6.45) is 10.6. The van der Waals surface area contributed by atoms with Gasteiger partial charge < -0.3 is 24.2 Å². The SMILES string of the molecule is CC(=O)c1cc(-c2ccc(C34CCN(CC3)CC4)cc2)c2ccc(-c3ccc(C)cc3)cc2c1.CCCOCCC(=O)N1CCC(c2ccc(-c3cc(C(C)=O)cc4cc(-c5ccc(C)cc5)ccc34)cc2)CC1.CCCOCCC(=O)N1CCC(c2ccc(-c3cc(C(C)=O)cc4cc(-c5ccc(C)cc5)ccc34)cc2)CC1. The highest BCUT2D eigenvalue weighted by Gasteiger charge is 2.40. The lowest BCUT2D eigenvalue weighted by atomic mass is 9.67. The van der Waals surface area contributed by atoms with E-state index in [0.29, 0.717) is 56.5 Å². The van der Waals surface area contributed by atoms with Gasteiger partial charge in [-0.3, -0.25) is 24.0 Å². The molecule has 10 nitrogen and oxygen atoms in total. The summed E-state index contributed by atoms with van der Waals surface area (Å²) in [6, 6.07) is 84.5. The van der Waals surface area contributed by atoms with E-state index in [2.05, 4.69) is 246 Å². The van der Waals surface area contributed by atoms with Crippen molar-refractivity contribution in [1.82, 2.24) is 14.7 Å². The Labute approximate surface area is 674 Å². The highest BCUT2D eigenvalue weighted by atomic mass is 16.5. The van der Waals surface area contributed by atoms with Crippen molar-refractivity contribution in [3.63, 3.8) is 0 Å². The maximum absolute atomic E-state index is 12.5. The Bertz CT molecular complexity index is 5160. The van der Waals surface area contributed by atoms with Crippen molar-refractivity contribution in [1.29, 1.82) is 0 Å². The van der Waals surface area contributed by atoms with Gasteiger partial charge in [0.15, 0.2) is 17.3 Å². The van der Waals surface area contributed by atoms with E-state index in [1.165, 1.54) is 105 Å². The molecule has 17 rings (SSSR count). The van der Waals surface area contributed by atoms with Crippen LogP contribution in [-0.4, -0.2) is 116 Å². The van der Waals surface area contributed by atoms with Crippen LogP contribution in [0.2, 0.25) is 0 Å². The van der Waals surface area contributed by atoms with Gasteiger partial charge in [-0.1, -0.05) is 213 Å². The molecule has 0 spiro atoms. The second kappa shape index (κ2) is 36.6. The van der Waals surface area contributed by atoms with E-state index in [4.69, 9.17) is 9.47 Å². The monoisotopic (exact) mass is 1510 g/mol. The lowest BCUT2D eigenvalue weighted by molar-refractivity contribution is -0.134. The number of nitrogens with zero attached hydrogens (tertiary/aromatic N) is 3. The van der Waals surface area contributed by atoms with Crippen LogP contribution in [0.15, 0.2) is 237 Å². The number of hydrogen-bond acceptors (Lipinski definition) is 8. The molecule has 2 amide bonds. The smallest absolute Gasteiger partial charge is 0.224 e. The largest absolute Gasteiger partial charge is 0.381 e. The fourth-order valence-corrected chi connectivity index (χ4v) is 17.4. The summed E-state index contributed by atoms with van der Waals surface area (Å²) < 4.78 is 11.0. The van der Waals surface area contributed by atoms with E-state index >= 15 is 0 Å². The standard InChI is InChI=1S/2C36H39NO3.C32H31NO/c2*1-4-20-40-21-17-36(39)37-18-15-29(16-19-37)27-9-11-30(12-10-27)35-24-32(26(3)38)23-33-22-31(13-14-34(33)35)28-7-5-25(2)6-8-28;1-22-3-5-24(6-4-22)26-9-12-30-28(19-26)20-27(23(2)34)21-31(30)25-7-10-29(11-8-25)32-13-16-33(17-14-32)18-15-32/h2*5-14,22-24,29H,4,15-21H2,1-3H3;3-12,19-21H,13-18H2,1-2H3. The molecule has 12 aromatic carbocycles. The minimum atomic E-state index is 0.0683. The highest BCUT2D eigenvalue weighted by molar-refractivity contribution is 6.08. The topological polar surface area (TPSA) is 114 Å². The van der Waals surface area contributed by atoms with Gasteiger partial charge in [0, 0.05) is 56.1 Å². The van der Waals surface area contributed by atoms with Crippen LogP contribution < -0.4 is 0 Å². The van der Waals surface area contributed by atoms with Crippen molar-refractivity contribution in [3.8, 4) is 66.8 Å². The summed E-state index contributed by atoms with van der Waals surface area (Å²) >= 11 is 0. The third kappa shape index (κ3) is 18.9. The number of ether oxygens (including phenoxy) is 2. The Kier molecular flexibility index (Phi) is 25.6. The molecule has 0 saturated carbocycles. The third-order valence-corrected chi connectivity index (χ3v) is 24.5. The molecule has 5 fully saturated rings. The molecule has 0 N–H and O–H groups in total. The molecule has 582 valence electrons. The van der Waals surface area contributed by atoms with Crippen LogP contribution >= 0.6 is 0 Å². The van der Waals surface area contributed by atoms with Gasteiger partial charge in [-0.05, 0) is 307 Å². The van der Waals surface area contributed by atoms with E-state index in [1.54, 1.807) is 20.8 Å². The molecule has 0 aromatic heterocycles. The molecule has 0 unspecified atom stereocenters. The minimum Gasteiger partial charge on any atom is -0.381 e. The van der Waals surface area contributed by atoms with Crippen LogP contribution in [0.1, 0.15) is 182 Å². The van der Waals surface area contributed by atoms with Crippen LogP contribution in [0.4, 0.5) is 0 Å². The second-order valence-corrected chi connectivity index (χ2v) is 32.4. The zero-order valence-electron chi connectivity index (χ0n) is 67.9. The maximum Gasteiger partial charge on any atom is 0.224 e. The van der Waals surface area contributed by atoms with Gasteiger partial charge in [0.05, 0.1) is 26.1 Å². The second-order valence-electron chi connectivity index (χ2n) is 32.4. The summed E-state index contributed by atoms with van der Waals surface area (Å²) in [5, 5.41) is 6.73.